The number of alkyl halides is 3. The molecule has 0 atom stereocenters. The molecular formula is C30H29F3N8O2S. The smallest absolute Gasteiger partial charge is 0.378 e. The van der Waals surface area contributed by atoms with Crippen LogP contribution in [-0.4, -0.2) is 56.7 Å². The van der Waals surface area contributed by atoms with E-state index >= 15 is 0 Å². The number of hydrogen-bond donors (Lipinski definition) is 1. The first-order chi connectivity index (χ1) is 20.8. The van der Waals surface area contributed by atoms with Gasteiger partial charge >= 0.3 is 12.2 Å². The maximum atomic E-state index is 13.0. The minimum absolute atomic E-state index is 0.142. The zero-order chi connectivity index (χ0) is 31.8. The van der Waals surface area contributed by atoms with Crippen LogP contribution in [0.4, 0.5) is 35.0 Å². The molecule has 1 fully saturated rings. The van der Waals surface area contributed by atoms with E-state index in [1.54, 1.807) is 25.1 Å². The van der Waals surface area contributed by atoms with Gasteiger partial charge in [-0.2, -0.15) is 18.2 Å². The Labute approximate surface area is 256 Å². The van der Waals surface area contributed by atoms with E-state index in [0.29, 0.717) is 33.5 Å². The monoisotopic (exact) mass is 622 g/mol. The van der Waals surface area contributed by atoms with Gasteiger partial charge in [0.1, 0.15) is 6.33 Å². The number of nitrogens with one attached hydrogen (secondary N) is 1. The Bertz CT molecular complexity index is 1750. The van der Waals surface area contributed by atoms with E-state index in [1.165, 1.54) is 33.7 Å². The number of aryl methyl sites for hydroxylation is 1. The van der Waals surface area contributed by atoms with E-state index in [9.17, 15) is 22.8 Å². The summed E-state index contributed by atoms with van der Waals surface area (Å²) in [5, 5.41) is 7.41. The molecule has 0 aliphatic carbocycles. The number of nitrogens with zero attached hydrogens (tertiary/aromatic N) is 7. The molecule has 1 N–H and O–H groups in total. The molecule has 3 heterocycles. The summed E-state index contributed by atoms with van der Waals surface area (Å²) >= 11 is 1.21. The Morgan fingerprint density at radius 2 is 1.86 bits per heavy atom. The second kappa shape index (κ2) is 12.1. The van der Waals surface area contributed by atoms with Crippen LogP contribution < -0.4 is 15.1 Å². The van der Waals surface area contributed by atoms with Gasteiger partial charge in [-0.25, -0.2) is 19.4 Å². The van der Waals surface area contributed by atoms with Gasteiger partial charge in [-0.05, 0) is 66.4 Å². The standard InChI is InChI=1S/C30H29F3N8O2S/c1-17(2)22-9-8-21(39(4)5)13-24(22)41-26(42)15-44-29(41)37-28(43)36-23-10-6-19(12-18(23)3)27-35-16-40(38-27)25-11-7-20(14-34-25)30(31,32)33/h6-14,16-17H,15H2,1-5H3,(H,36,43)/b37-29-. The van der Waals surface area contributed by atoms with Gasteiger partial charge in [-0.1, -0.05) is 31.7 Å². The number of aliphatic imine (C=N–C) groups is 1. The highest BCUT2D eigenvalue weighted by Gasteiger charge is 2.33. The molecule has 0 bridgehead atoms. The van der Waals surface area contributed by atoms with Crippen LogP contribution in [0.2, 0.25) is 0 Å². The number of carbonyl (C=O) groups excluding carboxylic acids is 2. The van der Waals surface area contributed by atoms with Crippen LogP contribution in [0.15, 0.2) is 66.0 Å². The molecule has 4 aromatic rings. The highest BCUT2D eigenvalue weighted by atomic mass is 32.2. The van der Waals surface area contributed by atoms with Gasteiger partial charge in [0.15, 0.2) is 16.8 Å². The molecule has 1 aliphatic heterocycles. The summed E-state index contributed by atoms with van der Waals surface area (Å²) in [5.41, 5.74) is 3.57. The summed E-state index contributed by atoms with van der Waals surface area (Å²) in [4.78, 5) is 41.8. The summed E-state index contributed by atoms with van der Waals surface area (Å²) in [6, 6.07) is 12.6. The van der Waals surface area contributed by atoms with Crippen LogP contribution >= 0.6 is 11.8 Å². The number of thioether (sulfide) groups is 1. The van der Waals surface area contributed by atoms with Crippen molar-refractivity contribution in [2.75, 3.05) is 35.0 Å². The van der Waals surface area contributed by atoms with Gasteiger partial charge in [-0.3, -0.25) is 9.69 Å². The van der Waals surface area contributed by atoms with Crippen LogP contribution in [0.1, 0.15) is 36.5 Å². The summed E-state index contributed by atoms with van der Waals surface area (Å²) in [7, 11) is 3.84. The van der Waals surface area contributed by atoms with Crippen molar-refractivity contribution in [2.45, 2.75) is 32.9 Å². The quantitative estimate of drug-likeness (QED) is 0.261. The third-order valence-electron chi connectivity index (χ3n) is 6.88. The Morgan fingerprint density at radius 1 is 1.09 bits per heavy atom. The van der Waals surface area contributed by atoms with Crippen molar-refractivity contribution < 1.29 is 22.8 Å². The van der Waals surface area contributed by atoms with Crippen LogP contribution in [0.3, 0.4) is 0 Å². The molecule has 2 aromatic heterocycles. The Hall–Kier alpha value is -4.72. The number of pyridine rings is 1. The lowest BCUT2D eigenvalue weighted by Crippen LogP contribution is -2.31. The summed E-state index contributed by atoms with van der Waals surface area (Å²) in [6.07, 6.45) is -2.38. The van der Waals surface area contributed by atoms with Crippen molar-refractivity contribution >= 4 is 45.9 Å². The molecular weight excluding hydrogens is 593 g/mol. The topological polar surface area (TPSA) is 109 Å². The lowest BCUT2D eigenvalue weighted by atomic mass is 9.99. The number of urea groups is 1. The fourth-order valence-corrected chi connectivity index (χ4v) is 5.40. The minimum Gasteiger partial charge on any atom is -0.378 e. The van der Waals surface area contributed by atoms with Crippen molar-refractivity contribution in [1.29, 1.82) is 0 Å². The minimum atomic E-state index is -4.48. The molecule has 0 radical (unpaired) electrons. The number of carbonyl (C=O) groups is 2. The molecule has 0 unspecified atom stereocenters. The maximum absolute atomic E-state index is 13.0. The average Bonchev–Trinajstić information content (AvgIpc) is 3.60. The molecule has 5 rings (SSSR count). The molecule has 3 amide bonds. The molecule has 1 saturated heterocycles. The van der Waals surface area contributed by atoms with Gasteiger partial charge in [0, 0.05) is 37.2 Å². The zero-order valence-corrected chi connectivity index (χ0v) is 25.4. The summed E-state index contributed by atoms with van der Waals surface area (Å²) in [6.45, 7) is 5.88. The fourth-order valence-electron chi connectivity index (χ4n) is 4.54. The largest absolute Gasteiger partial charge is 0.417 e. The number of rotatable bonds is 6. The molecule has 1 aliphatic rings. The number of amides is 3. The summed E-state index contributed by atoms with van der Waals surface area (Å²) in [5.74, 6) is 0.667. The van der Waals surface area contributed by atoms with Crippen molar-refractivity contribution in [2.24, 2.45) is 4.99 Å². The number of benzene rings is 2. The molecule has 0 saturated carbocycles. The maximum Gasteiger partial charge on any atom is 0.417 e. The van der Waals surface area contributed by atoms with Gasteiger partial charge in [-0.15, -0.1) is 5.10 Å². The second-order valence-corrected chi connectivity index (χ2v) is 11.5. The Morgan fingerprint density at radius 3 is 2.50 bits per heavy atom. The molecule has 2 aromatic carbocycles. The number of amidine groups is 1. The van der Waals surface area contributed by atoms with Crippen LogP contribution in [0, 0.1) is 6.92 Å². The zero-order valence-electron chi connectivity index (χ0n) is 24.5. The normalized spacial score (nSPS) is 14.5. The lowest BCUT2D eigenvalue weighted by molar-refractivity contribution is -0.137. The van der Waals surface area contributed by atoms with E-state index < -0.39 is 17.8 Å². The predicted molar refractivity (Wildman–Crippen MR) is 166 cm³/mol. The fraction of sp³-hybridized carbons (Fsp3) is 0.267. The predicted octanol–water partition coefficient (Wildman–Crippen LogP) is 6.51. The van der Waals surface area contributed by atoms with E-state index in [0.717, 1.165) is 23.5 Å². The first kappa shape index (κ1) is 30.7. The number of anilines is 3. The Kier molecular flexibility index (Phi) is 8.46. The highest BCUT2D eigenvalue weighted by Crippen LogP contribution is 2.36. The van der Waals surface area contributed by atoms with Crippen molar-refractivity contribution in [3.8, 4) is 17.2 Å². The molecule has 44 heavy (non-hydrogen) atoms. The van der Waals surface area contributed by atoms with E-state index in [2.05, 4.69) is 25.4 Å². The second-order valence-electron chi connectivity index (χ2n) is 10.6. The van der Waals surface area contributed by atoms with E-state index in [1.807, 2.05) is 51.0 Å². The van der Waals surface area contributed by atoms with Gasteiger partial charge in [0.25, 0.3) is 0 Å². The SMILES string of the molecule is Cc1cc(-c2ncn(-c3ccc(C(F)(F)F)cn3)n2)ccc1NC(=O)/N=C1\SCC(=O)N1c1cc(N(C)C)ccc1C(C)C. The highest BCUT2D eigenvalue weighted by molar-refractivity contribution is 8.15. The van der Waals surface area contributed by atoms with Crippen molar-refractivity contribution in [1.82, 2.24) is 19.7 Å². The van der Waals surface area contributed by atoms with E-state index in [-0.39, 0.29) is 23.4 Å². The van der Waals surface area contributed by atoms with Crippen LogP contribution in [0.5, 0.6) is 0 Å². The average molecular weight is 623 g/mol. The molecule has 228 valence electrons. The van der Waals surface area contributed by atoms with Crippen molar-refractivity contribution in [3.05, 3.63) is 77.7 Å². The van der Waals surface area contributed by atoms with Gasteiger partial charge < -0.3 is 10.2 Å². The number of halogens is 3. The third kappa shape index (κ3) is 6.44. The number of aromatic nitrogens is 4. The van der Waals surface area contributed by atoms with Crippen LogP contribution in [-0.2, 0) is 11.0 Å². The first-order valence-corrected chi connectivity index (χ1v) is 14.5. The van der Waals surface area contributed by atoms with E-state index in [4.69, 9.17) is 0 Å². The molecule has 10 nitrogen and oxygen atoms in total. The summed E-state index contributed by atoms with van der Waals surface area (Å²) < 4.78 is 39.8. The molecule has 14 heteroatoms. The van der Waals surface area contributed by atoms with Gasteiger partial charge in [0.2, 0.25) is 5.91 Å². The van der Waals surface area contributed by atoms with Crippen molar-refractivity contribution in [3.63, 3.8) is 0 Å². The molecule has 0 spiro atoms. The third-order valence-corrected chi connectivity index (χ3v) is 7.81. The Balaban J connectivity index is 1.34. The first-order valence-electron chi connectivity index (χ1n) is 13.5. The number of hydrogen-bond acceptors (Lipinski definition) is 7. The lowest BCUT2D eigenvalue weighted by Gasteiger charge is -2.24. The van der Waals surface area contributed by atoms with Crippen LogP contribution in [0.25, 0.3) is 17.2 Å². The van der Waals surface area contributed by atoms with Gasteiger partial charge in [0.05, 0.1) is 17.0 Å².